The number of anilines is 2. The summed E-state index contributed by atoms with van der Waals surface area (Å²) in [5.74, 6) is -0.0460. The van der Waals surface area contributed by atoms with Crippen LogP contribution in [0.1, 0.15) is 24.1 Å². The first-order chi connectivity index (χ1) is 14.1. The molecule has 3 aromatic rings. The fourth-order valence-corrected chi connectivity index (χ4v) is 3.47. The maximum Gasteiger partial charge on any atom is 0.228 e. The van der Waals surface area contributed by atoms with E-state index in [1.54, 1.807) is 6.20 Å². The minimum Gasteiger partial charge on any atom is -0.375 e. The average molecular weight is 386 g/mol. The second kappa shape index (κ2) is 8.14. The van der Waals surface area contributed by atoms with E-state index in [9.17, 15) is 9.59 Å². The highest BCUT2D eigenvalue weighted by atomic mass is 16.2. The molecule has 3 N–H and O–H groups in total. The number of amides is 2. The number of pyridine rings is 1. The van der Waals surface area contributed by atoms with E-state index in [4.69, 9.17) is 0 Å². The van der Waals surface area contributed by atoms with Crippen LogP contribution in [-0.2, 0) is 16.0 Å². The molecule has 0 bridgehead atoms. The first kappa shape index (κ1) is 18.7. The summed E-state index contributed by atoms with van der Waals surface area (Å²) in [5, 5.41) is 9.21. The van der Waals surface area contributed by atoms with Gasteiger partial charge in [0.2, 0.25) is 11.8 Å². The Hall–Kier alpha value is -3.67. The van der Waals surface area contributed by atoms with Gasteiger partial charge in [-0.2, -0.15) is 0 Å². The molecule has 0 saturated heterocycles. The number of carbonyl (C=O) groups is 2. The zero-order chi connectivity index (χ0) is 20.2. The fourth-order valence-electron chi connectivity index (χ4n) is 3.47. The largest absolute Gasteiger partial charge is 0.375 e. The molecule has 0 radical (unpaired) electrons. The van der Waals surface area contributed by atoms with Crippen LogP contribution in [0.5, 0.6) is 0 Å². The van der Waals surface area contributed by atoms with Gasteiger partial charge in [-0.3, -0.25) is 14.6 Å². The van der Waals surface area contributed by atoms with Crippen LogP contribution < -0.4 is 16.0 Å². The summed E-state index contributed by atoms with van der Waals surface area (Å²) in [4.78, 5) is 27.4. The lowest BCUT2D eigenvalue weighted by Crippen LogP contribution is -2.29. The third kappa shape index (κ3) is 4.43. The summed E-state index contributed by atoms with van der Waals surface area (Å²) in [6, 6.07) is 17.9. The Morgan fingerprint density at radius 1 is 1.10 bits per heavy atom. The smallest absolute Gasteiger partial charge is 0.228 e. The van der Waals surface area contributed by atoms with E-state index in [1.165, 1.54) is 6.92 Å². The molecule has 0 saturated carbocycles. The van der Waals surface area contributed by atoms with E-state index in [1.807, 2.05) is 60.8 Å². The molecule has 0 fully saturated rings. The first-order valence-corrected chi connectivity index (χ1v) is 9.52. The molecule has 29 heavy (non-hydrogen) atoms. The van der Waals surface area contributed by atoms with Crippen molar-refractivity contribution in [1.82, 2.24) is 10.3 Å². The van der Waals surface area contributed by atoms with Crippen molar-refractivity contribution in [2.75, 3.05) is 17.2 Å². The predicted octanol–water partition coefficient (Wildman–Crippen LogP) is 3.53. The molecule has 0 unspecified atom stereocenters. The summed E-state index contributed by atoms with van der Waals surface area (Å²) in [7, 11) is 0. The summed E-state index contributed by atoms with van der Waals surface area (Å²) in [5.41, 5.74) is 5.78. The molecule has 2 amide bonds. The highest BCUT2D eigenvalue weighted by molar-refractivity contribution is 5.99. The van der Waals surface area contributed by atoms with E-state index in [-0.39, 0.29) is 17.9 Å². The van der Waals surface area contributed by atoms with Crippen molar-refractivity contribution in [3.8, 4) is 11.1 Å². The first-order valence-electron chi connectivity index (χ1n) is 9.52. The van der Waals surface area contributed by atoms with Gasteiger partial charge in [-0.15, -0.1) is 0 Å². The van der Waals surface area contributed by atoms with Gasteiger partial charge in [-0.25, -0.2) is 0 Å². The molecular formula is C23H22N4O2. The molecule has 1 atom stereocenters. The zero-order valence-corrected chi connectivity index (χ0v) is 16.1. The molecule has 2 heterocycles. The van der Waals surface area contributed by atoms with Crippen molar-refractivity contribution in [2.24, 2.45) is 0 Å². The van der Waals surface area contributed by atoms with E-state index >= 15 is 0 Å². The monoisotopic (exact) mass is 386 g/mol. The molecule has 2 aromatic carbocycles. The molecule has 0 aliphatic carbocycles. The van der Waals surface area contributed by atoms with Gasteiger partial charge in [0.1, 0.15) is 0 Å². The Morgan fingerprint density at radius 2 is 1.93 bits per heavy atom. The molecule has 6 heteroatoms. The van der Waals surface area contributed by atoms with E-state index in [0.717, 1.165) is 33.6 Å². The van der Waals surface area contributed by atoms with Gasteiger partial charge in [-0.05, 0) is 34.9 Å². The number of benzene rings is 2. The third-order valence-electron chi connectivity index (χ3n) is 4.90. The van der Waals surface area contributed by atoms with Crippen LogP contribution in [0.15, 0.2) is 67.0 Å². The molecule has 146 valence electrons. The quantitative estimate of drug-likeness (QED) is 0.605. The number of nitrogens with one attached hydrogen (secondary N) is 3. The second-order valence-electron chi connectivity index (χ2n) is 7.10. The molecule has 4 rings (SSSR count). The number of fused-ring (bicyclic) bond motifs is 1. The van der Waals surface area contributed by atoms with E-state index < -0.39 is 0 Å². The maximum absolute atomic E-state index is 11.6. The van der Waals surface area contributed by atoms with Crippen LogP contribution >= 0.6 is 0 Å². The van der Waals surface area contributed by atoms with Crippen LogP contribution in [0.3, 0.4) is 0 Å². The molecule has 1 aromatic heterocycles. The standard InChI is InChI=1S/C23H22N4O2/c1-15(28)25-14-22(16-5-3-2-4-6-16)26-20-10-19(12-24-13-20)17-7-8-21-18(9-17)11-23(29)27-21/h2-10,12-13,22,26H,11,14H2,1H3,(H,25,28)(H,27,29)/t22-/m1/s1. The van der Waals surface area contributed by atoms with Crippen molar-refractivity contribution < 1.29 is 9.59 Å². The second-order valence-corrected chi connectivity index (χ2v) is 7.10. The Balaban J connectivity index is 1.58. The highest BCUT2D eigenvalue weighted by Crippen LogP contribution is 2.30. The zero-order valence-electron chi connectivity index (χ0n) is 16.1. The van der Waals surface area contributed by atoms with Gasteiger partial charge in [0.25, 0.3) is 0 Å². The Labute approximate surface area is 169 Å². The van der Waals surface area contributed by atoms with E-state index in [2.05, 4.69) is 20.9 Å². The lowest BCUT2D eigenvalue weighted by atomic mass is 10.0. The van der Waals surface area contributed by atoms with Crippen LogP contribution in [0.25, 0.3) is 11.1 Å². The third-order valence-corrected chi connectivity index (χ3v) is 4.90. The maximum atomic E-state index is 11.6. The number of aromatic nitrogens is 1. The van der Waals surface area contributed by atoms with Crippen molar-refractivity contribution in [3.63, 3.8) is 0 Å². The molecule has 1 aliphatic rings. The molecule has 0 spiro atoms. The Morgan fingerprint density at radius 3 is 2.72 bits per heavy atom. The summed E-state index contributed by atoms with van der Waals surface area (Å²) in [6.45, 7) is 1.98. The van der Waals surface area contributed by atoms with Crippen LogP contribution in [-0.4, -0.2) is 23.3 Å². The topological polar surface area (TPSA) is 83.1 Å². The van der Waals surface area contributed by atoms with Crippen molar-refractivity contribution in [1.29, 1.82) is 0 Å². The summed E-state index contributed by atoms with van der Waals surface area (Å²) >= 11 is 0. The van der Waals surface area contributed by atoms with Gasteiger partial charge in [-0.1, -0.05) is 36.4 Å². The number of hydrogen-bond acceptors (Lipinski definition) is 4. The van der Waals surface area contributed by atoms with Crippen LogP contribution in [0, 0.1) is 0 Å². The summed E-state index contributed by atoms with van der Waals surface area (Å²) in [6.07, 6.45) is 3.98. The average Bonchev–Trinajstić information content (AvgIpc) is 3.11. The molecule has 6 nitrogen and oxygen atoms in total. The minimum atomic E-state index is -0.0843. The van der Waals surface area contributed by atoms with Gasteiger partial charge >= 0.3 is 0 Å². The van der Waals surface area contributed by atoms with E-state index in [0.29, 0.717) is 13.0 Å². The van der Waals surface area contributed by atoms with Crippen LogP contribution in [0.4, 0.5) is 11.4 Å². The SMILES string of the molecule is CC(=O)NC[C@@H](Nc1cncc(-c2ccc3c(c2)CC(=O)N3)c1)c1ccccc1. The number of hydrogen-bond donors (Lipinski definition) is 3. The predicted molar refractivity (Wildman–Crippen MR) is 113 cm³/mol. The number of rotatable bonds is 6. The van der Waals surface area contributed by atoms with Crippen molar-refractivity contribution in [2.45, 2.75) is 19.4 Å². The number of carbonyl (C=O) groups excluding carboxylic acids is 2. The number of nitrogens with zero attached hydrogens (tertiary/aromatic N) is 1. The molecular weight excluding hydrogens is 364 g/mol. The van der Waals surface area contributed by atoms with Crippen LogP contribution in [0.2, 0.25) is 0 Å². The minimum absolute atomic E-state index is 0.0226. The molecule has 1 aliphatic heterocycles. The van der Waals surface area contributed by atoms with Gasteiger partial charge < -0.3 is 16.0 Å². The van der Waals surface area contributed by atoms with Crippen molar-refractivity contribution in [3.05, 3.63) is 78.1 Å². The normalized spacial score (nSPS) is 13.3. The van der Waals surface area contributed by atoms with Gasteiger partial charge in [0, 0.05) is 37.1 Å². The summed E-state index contributed by atoms with van der Waals surface area (Å²) < 4.78 is 0. The lowest BCUT2D eigenvalue weighted by molar-refractivity contribution is -0.119. The lowest BCUT2D eigenvalue weighted by Gasteiger charge is -2.21. The van der Waals surface area contributed by atoms with Crippen molar-refractivity contribution >= 4 is 23.2 Å². The fraction of sp³-hybridized carbons (Fsp3) is 0.174. The van der Waals surface area contributed by atoms with Gasteiger partial charge in [0.15, 0.2) is 0 Å². The van der Waals surface area contributed by atoms with Gasteiger partial charge in [0.05, 0.1) is 18.2 Å². The highest BCUT2D eigenvalue weighted by Gasteiger charge is 2.18. The Bertz CT molecular complexity index is 1050. The Kier molecular flexibility index (Phi) is 5.24.